The molecule has 1 N–H and O–H groups in total. The monoisotopic (exact) mass is 399 g/mol. The molecule has 0 saturated heterocycles. The molecule has 0 fully saturated rings. The third kappa shape index (κ3) is 3.90. The summed E-state index contributed by atoms with van der Waals surface area (Å²) < 4.78 is 11.3. The molecule has 0 saturated carbocycles. The average molecular weight is 399 g/mol. The molecule has 1 heterocycles. The standard InChI is InChI=1S/C15H18IN3O2/c1-17-15-13(16)12(9-21-3)18-14(19-15)11-6-4-10(5-7-11)8-20-2/h4-7H,8-9H2,1-3H3,(H,17,18,19). The Bertz CT molecular complexity index is 603. The van der Waals surface area contributed by atoms with Crippen molar-refractivity contribution in [3.8, 4) is 11.4 Å². The smallest absolute Gasteiger partial charge is 0.161 e. The fourth-order valence-electron chi connectivity index (χ4n) is 1.94. The molecule has 1 aromatic heterocycles. The second kappa shape index (κ2) is 7.67. The predicted octanol–water partition coefficient (Wildman–Crippen LogP) is 3.08. The van der Waals surface area contributed by atoms with Crippen molar-refractivity contribution in [1.29, 1.82) is 0 Å². The van der Waals surface area contributed by atoms with Crippen LogP contribution < -0.4 is 5.32 Å². The maximum atomic E-state index is 5.21. The summed E-state index contributed by atoms with van der Waals surface area (Å²) in [6, 6.07) is 8.06. The lowest BCUT2D eigenvalue weighted by Gasteiger charge is -2.11. The lowest BCUT2D eigenvalue weighted by molar-refractivity contribution is 0.181. The molecule has 0 amide bonds. The lowest BCUT2D eigenvalue weighted by atomic mass is 10.1. The Morgan fingerprint density at radius 3 is 2.29 bits per heavy atom. The highest BCUT2D eigenvalue weighted by Gasteiger charge is 2.12. The molecular formula is C15H18IN3O2. The van der Waals surface area contributed by atoms with Crippen molar-refractivity contribution in [2.24, 2.45) is 0 Å². The number of benzene rings is 1. The van der Waals surface area contributed by atoms with Crippen LogP contribution in [0.3, 0.4) is 0 Å². The molecule has 0 aliphatic rings. The number of nitrogens with one attached hydrogen (secondary N) is 1. The quantitative estimate of drug-likeness (QED) is 0.757. The van der Waals surface area contributed by atoms with E-state index in [0.717, 1.165) is 26.2 Å². The Kier molecular flexibility index (Phi) is 5.89. The SMILES string of the molecule is CNc1nc(-c2ccc(COC)cc2)nc(COC)c1I. The number of rotatable bonds is 6. The first-order valence-electron chi connectivity index (χ1n) is 6.51. The van der Waals surface area contributed by atoms with Crippen LogP contribution in [0.2, 0.25) is 0 Å². The average Bonchev–Trinajstić information content (AvgIpc) is 2.51. The molecule has 0 spiro atoms. The van der Waals surface area contributed by atoms with Gasteiger partial charge < -0.3 is 14.8 Å². The van der Waals surface area contributed by atoms with Crippen LogP contribution in [-0.4, -0.2) is 31.2 Å². The molecule has 0 aliphatic heterocycles. The largest absolute Gasteiger partial charge is 0.380 e. The van der Waals surface area contributed by atoms with E-state index in [2.05, 4.69) is 37.9 Å². The van der Waals surface area contributed by atoms with Gasteiger partial charge in [-0.05, 0) is 28.2 Å². The van der Waals surface area contributed by atoms with Gasteiger partial charge in [-0.15, -0.1) is 0 Å². The van der Waals surface area contributed by atoms with E-state index >= 15 is 0 Å². The van der Waals surface area contributed by atoms with Gasteiger partial charge in [0.05, 0.1) is 22.5 Å². The molecular weight excluding hydrogens is 381 g/mol. The first-order chi connectivity index (χ1) is 10.2. The van der Waals surface area contributed by atoms with E-state index in [1.807, 2.05) is 31.3 Å². The lowest BCUT2D eigenvalue weighted by Crippen LogP contribution is -2.06. The third-order valence-electron chi connectivity index (χ3n) is 2.96. The number of methoxy groups -OCH3 is 2. The van der Waals surface area contributed by atoms with E-state index < -0.39 is 0 Å². The van der Waals surface area contributed by atoms with Crippen molar-refractivity contribution in [3.63, 3.8) is 0 Å². The fraction of sp³-hybridized carbons (Fsp3) is 0.333. The molecule has 112 valence electrons. The van der Waals surface area contributed by atoms with Crippen LogP contribution in [0.1, 0.15) is 11.3 Å². The predicted molar refractivity (Wildman–Crippen MR) is 91.2 cm³/mol. The summed E-state index contributed by atoms with van der Waals surface area (Å²) in [6.07, 6.45) is 0. The van der Waals surface area contributed by atoms with Gasteiger partial charge in [0.2, 0.25) is 0 Å². The van der Waals surface area contributed by atoms with Gasteiger partial charge in [0.15, 0.2) is 5.82 Å². The molecule has 1 aromatic carbocycles. The van der Waals surface area contributed by atoms with Gasteiger partial charge >= 0.3 is 0 Å². The third-order valence-corrected chi connectivity index (χ3v) is 4.09. The first-order valence-corrected chi connectivity index (χ1v) is 7.58. The summed E-state index contributed by atoms with van der Waals surface area (Å²) in [6.45, 7) is 1.06. The molecule has 2 rings (SSSR count). The zero-order valence-corrected chi connectivity index (χ0v) is 14.5. The van der Waals surface area contributed by atoms with E-state index in [-0.39, 0.29) is 0 Å². The second-order valence-electron chi connectivity index (χ2n) is 4.47. The van der Waals surface area contributed by atoms with E-state index in [4.69, 9.17) is 9.47 Å². The number of aromatic nitrogens is 2. The Hall–Kier alpha value is -1.25. The van der Waals surface area contributed by atoms with Crippen LogP contribution in [0.5, 0.6) is 0 Å². The summed E-state index contributed by atoms with van der Waals surface area (Å²) in [5.74, 6) is 1.50. The molecule has 0 atom stereocenters. The first kappa shape index (κ1) is 16.1. The molecule has 0 unspecified atom stereocenters. The van der Waals surface area contributed by atoms with Crippen molar-refractivity contribution in [1.82, 2.24) is 9.97 Å². The summed E-state index contributed by atoms with van der Waals surface area (Å²) in [7, 11) is 5.20. The van der Waals surface area contributed by atoms with Gasteiger partial charge in [0.1, 0.15) is 5.82 Å². The second-order valence-corrected chi connectivity index (χ2v) is 5.55. The molecule has 6 heteroatoms. The van der Waals surface area contributed by atoms with Crippen molar-refractivity contribution in [2.45, 2.75) is 13.2 Å². The summed E-state index contributed by atoms with van der Waals surface area (Å²) in [5, 5.41) is 3.10. The Balaban J connectivity index is 2.40. The molecule has 21 heavy (non-hydrogen) atoms. The van der Waals surface area contributed by atoms with Gasteiger partial charge in [-0.25, -0.2) is 9.97 Å². The number of hydrogen-bond donors (Lipinski definition) is 1. The van der Waals surface area contributed by atoms with Crippen molar-refractivity contribution >= 4 is 28.4 Å². The van der Waals surface area contributed by atoms with Gasteiger partial charge in [0.25, 0.3) is 0 Å². The number of ether oxygens (including phenoxy) is 2. The zero-order valence-electron chi connectivity index (χ0n) is 12.3. The number of anilines is 1. The van der Waals surface area contributed by atoms with Gasteiger partial charge in [-0.3, -0.25) is 0 Å². The Labute approximate surface area is 138 Å². The van der Waals surface area contributed by atoms with Gasteiger partial charge in [0, 0.05) is 26.8 Å². The molecule has 0 aliphatic carbocycles. The number of hydrogen-bond acceptors (Lipinski definition) is 5. The zero-order chi connectivity index (χ0) is 15.2. The Morgan fingerprint density at radius 1 is 1.05 bits per heavy atom. The van der Waals surface area contributed by atoms with Crippen LogP contribution in [-0.2, 0) is 22.7 Å². The van der Waals surface area contributed by atoms with Crippen LogP contribution in [0, 0.1) is 3.57 Å². The van der Waals surface area contributed by atoms with Crippen molar-refractivity contribution in [2.75, 3.05) is 26.6 Å². The van der Waals surface area contributed by atoms with Crippen LogP contribution in [0.25, 0.3) is 11.4 Å². The number of halogens is 1. The molecule has 0 radical (unpaired) electrons. The van der Waals surface area contributed by atoms with Crippen LogP contribution >= 0.6 is 22.6 Å². The van der Waals surface area contributed by atoms with E-state index in [0.29, 0.717) is 19.0 Å². The molecule has 5 nitrogen and oxygen atoms in total. The van der Waals surface area contributed by atoms with Gasteiger partial charge in [-0.1, -0.05) is 24.3 Å². The molecule has 0 bridgehead atoms. The summed E-state index contributed by atoms with van der Waals surface area (Å²) >= 11 is 2.23. The molecule has 2 aromatic rings. The van der Waals surface area contributed by atoms with Crippen molar-refractivity contribution < 1.29 is 9.47 Å². The van der Waals surface area contributed by atoms with Crippen molar-refractivity contribution in [3.05, 3.63) is 39.1 Å². The fourth-order valence-corrected chi connectivity index (χ4v) is 2.60. The van der Waals surface area contributed by atoms with Crippen LogP contribution in [0.4, 0.5) is 5.82 Å². The Morgan fingerprint density at radius 2 is 1.71 bits per heavy atom. The minimum absolute atomic E-state index is 0.463. The maximum absolute atomic E-state index is 5.21. The summed E-state index contributed by atoms with van der Waals surface area (Å²) in [5.41, 5.74) is 2.98. The van der Waals surface area contributed by atoms with E-state index in [9.17, 15) is 0 Å². The topological polar surface area (TPSA) is 56.3 Å². The maximum Gasteiger partial charge on any atom is 0.161 e. The minimum atomic E-state index is 0.463. The summed E-state index contributed by atoms with van der Waals surface area (Å²) in [4.78, 5) is 9.16. The highest BCUT2D eigenvalue weighted by Crippen LogP contribution is 2.24. The normalized spacial score (nSPS) is 10.7. The number of nitrogens with zero attached hydrogens (tertiary/aromatic N) is 2. The van der Waals surface area contributed by atoms with Gasteiger partial charge in [-0.2, -0.15) is 0 Å². The van der Waals surface area contributed by atoms with E-state index in [1.54, 1.807) is 14.2 Å². The highest BCUT2D eigenvalue weighted by atomic mass is 127. The highest BCUT2D eigenvalue weighted by molar-refractivity contribution is 14.1. The minimum Gasteiger partial charge on any atom is -0.380 e. The van der Waals surface area contributed by atoms with E-state index in [1.165, 1.54) is 0 Å². The van der Waals surface area contributed by atoms with Crippen LogP contribution in [0.15, 0.2) is 24.3 Å².